The van der Waals surface area contributed by atoms with Crippen LogP contribution in [0.4, 0.5) is 0 Å². The summed E-state index contributed by atoms with van der Waals surface area (Å²) in [6, 6.07) is 12.7. The van der Waals surface area contributed by atoms with Gasteiger partial charge in [0.05, 0.1) is 0 Å². The van der Waals surface area contributed by atoms with E-state index in [1.807, 2.05) is 25.1 Å². The number of halogens is 2. The first-order valence-corrected chi connectivity index (χ1v) is 7.21. The minimum absolute atomic E-state index is 0.179. The highest BCUT2D eigenvalue weighted by Gasteiger charge is 2.15. The second kappa shape index (κ2) is 5.08. The molecule has 0 saturated carbocycles. The van der Waals surface area contributed by atoms with Gasteiger partial charge in [-0.1, -0.05) is 39.2 Å². The molecule has 3 aromatic rings. The first kappa shape index (κ1) is 13.4. The molecule has 0 N–H and O–H groups in total. The van der Waals surface area contributed by atoms with E-state index in [9.17, 15) is 4.79 Å². The number of ketones is 1. The zero-order valence-corrected chi connectivity index (χ0v) is 13.0. The third-order valence-corrected chi connectivity index (χ3v) is 3.70. The van der Waals surface area contributed by atoms with E-state index in [1.165, 1.54) is 0 Å². The lowest BCUT2D eigenvalue weighted by molar-refractivity contribution is 0.101. The monoisotopic (exact) mass is 348 g/mol. The van der Waals surface area contributed by atoms with Crippen LogP contribution >= 0.6 is 27.5 Å². The maximum absolute atomic E-state index is 12.4. The zero-order chi connectivity index (χ0) is 14.3. The molecule has 0 amide bonds. The van der Waals surface area contributed by atoms with Crippen LogP contribution < -0.4 is 0 Å². The SMILES string of the molecule is Cc1ccc2oc(C(=O)c3cc(Cl)cc(Br)c3)cc2c1. The third kappa shape index (κ3) is 2.51. The Hall–Kier alpha value is -1.58. The van der Waals surface area contributed by atoms with Crippen LogP contribution in [-0.2, 0) is 0 Å². The molecule has 0 fully saturated rings. The molecule has 2 nitrogen and oxygen atoms in total. The lowest BCUT2D eigenvalue weighted by atomic mass is 10.1. The third-order valence-electron chi connectivity index (χ3n) is 3.02. The van der Waals surface area contributed by atoms with Gasteiger partial charge >= 0.3 is 0 Å². The van der Waals surface area contributed by atoms with E-state index in [-0.39, 0.29) is 5.78 Å². The second-order valence-corrected chi connectivity index (χ2v) is 5.99. The summed E-state index contributed by atoms with van der Waals surface area (Å²) in [6.07, 6.45) is 0. The molecular weight excluding hydrogens is 340 g/mol. The van der Waals surface area contributed by atoms with E-state index in [0.717, 1.165) is 15.4 Å². The van der Waals surface area contributed by atoms with Gasteiger partial charge in [0.25, 0.3) is 0 Å². The van der Waals surface area contributed by atoms with Gasteiger partial charge < -0.3 is 4.42 Å². The molecule has 0 unspecified atom stereocenters. The van der Waals surface area contributed by atoms with Gasteiger partial charge in [0, 0.05) is 20.4 Å². The summed E-state index contributed by atoms with van der Waals surface area (Å²) < 4.78 is 6.38. The fourth-order valence-corrected chi connectivity index (χ4v) is 2.96. The van der Waals surface area contributed by atoms with Crippen molar-refractivity contribution in [3.8, 4) is 0 Å². The van der Waals surface area contributed by atoms with Gasteiger partial charge in [0.2, 0.25) is 5.78 Å². The molecule has 0 aliphatic rings. The summed E-state index contributed by atoms with van der Waals surface area (Å²) in [6.45, 7) is 2.00. The molecule has 1 heterocycles. The molecule has 0 aliphatic carbocycles. The van der Waals surface area contributed by atoms with Crippen LogP contribution in [0.25, 0.3) is 11.0 Å². The van der Waals surface area contributed by atoms with Crippen molar-refractivity contribution >= 4 is 44.3 Å². The average Bonchev–Trinajstić information content (AvgIpc) is 2.79. The van der Waals surface area contributed by atoms with Gasteiger partial charge in [-0.3, -0.25) is 4.79 Å². The predicted molar refractivity (Wildman–Crippen MR) is 83.5 cm³/mol. The lowest BCUT2D eigenvalue weighted by Gasteiger charge is -2.00. The summed E-state index contributed by atoms with van der Waals surface area (Å²) in [4.78, 5) is 12.4. The van der Waals surface area contributed by atoms with Gasteiger partial charge in [-0.05, 0) is 43.3 Å². The van der Waals surface area contributed by atoms with Crippen molar-refractivity contribution in [3.63, 3.8) is 0 Å². The van der Waals surface area contributed by atoms with Crippen LogP contribution in [0, 0.1) is 6.92 Å². The fraction of sp³-hybridized carbons (Fsp3) is 0.0625. The van der Waals surface area contributed by atoms with Crippen LogP contribution in [-0.4, -0.2) is 5.78 Å². The van der Waals surface area contributed by atoms with Gasteiger partial charge in [-0.25, -0.2) is 0 Å². The second-order valence-electron chi connectivity index (χ2n) is 4.64. The van der Waals surface area contributed by atoms with E-state index in [4.69, 9.17) is 16.0 Å². The molecule has 4 heteroatoms. The lowest BCUT2D eigenvalue weighted by Crippen LogP contribution is -1.99. The summed E-state index contributed by atoms with van der Waals surface area (Å²) in [5.74, 6) is 0.141. The Kier molecular flexibility index (Phi) is 3.40. The Morgan fingerprint density at radius 3 is 2.70 bits per heavy atom. The topological polar surface area (TPSA) is 30.2 Å². The minimum Gasteiger partial charge on any atom is -0.453 e. The molecule has 1 aromatic heterocycles. The molecule has 0 bridgehead atoms. The van der Waals surface area contributed by atoms with Crippen molar-refractivity contribution in [3.05, 3.63) is 68.8 Å². The van der Waals surface area contributed by atoms with Gasteiger partial charge in [0.15, 0.2) is 5.76 Å². The highest BCUT2D eigenvalue weighted by atomic mass is 79.9. The van der Waals surface area contributed by atoms with Crippen molar-refractivity contribution in [2.45, 2.75) is 6.92 Å². The number of carbonyl (C=O) groups excluding carboxylic acids is 1. The van der Waals surface area contributed by atoms with E-state index in [0.29, 0.717) is 21.9 Å². The fourth-order valence-electron chi connectivity index (χ4n) is 2.10. The summed E-state index contributed by atoms with van der Waals surface area (Å²) in [5, 5.41) is 1.43. The number of furan rings is 1. The van der Waals surface area contributed by atoms with Crippen LogP contribution in [0.5, 0.6) is 0 Å². The first-order chi connectivity index (χ1) is 9.52. The number of benzene rings is 2. The van der Waals surface area contributed by atoms with Gasteiger partial charge in [-0.15, -0.1) is 0 Å². The molecule has 0 saturated heterocycles. The number of hydrogen-bond acceptors (Lipinski definition) is 2. The van der Waals surface area contributed by atoms with Gasteiger partial charge in [0.1, 0.15) is 5.58 Å². The molecule has 0 atom stereocenters. The van der Waals surface area contributed by atoms with Crippen LogP contribution in [0.3, 0.4) is 0 Å². The van der Waals surface area contributed by atoms with E-state index in [2.05, 4.69) is 15.9 Å². The highest BCUT2D eigenvalue weighted by molar-refractivity contribution is 9.10. The predicted octanol–water partition coefficient (Wildman–Crippen LogP) is 5.39. The molecule has 0 radical (unpaired) electrons. The van der Waals surface area contributed by atoms with E-state index in [1.54, 1.807) is 24.3 Å². The molecule has 20 heavy (non-hydrogen) atoms. The minimum atomic E-state index is -0.179. The summed E-state index contributed by atoms with van der Waals surface area (Å²) in [7, 11) is 0. The van der Waals surface area contributed by atoms with Crippen LogP contribution in [0.1, 0.15) is 21.7 Å². The van der Waals surface area contributed by atoms with Gasteiger partial charge in [-0.2, -0.15) is 0 Å². The number of aryl methyl sites for hydroxylation is 1. The molecule has 0 spiro atoms. The quantitative estimate of drug-likeness (QED) is 0.581. The Balaban J connectivity index is 2.07. The van der Waals surface area contributed by atoms with Crippen molar-refractivity contribution < 1.29 is 9.21 Å². The molecule has 2 aromatic carbocycles. The molecule has 3 rings (SSSR count). The molecule has 0 aliphatic heterocycles. The maximum atomic E-state index is 12.4. The number of rotatable bonds is 2. The Bertz CT molecular complexity index is 800. The summed E-state index contributed by atoms with van der Waals surface area (Å²) >= 11 is 9.30. The standard InChI is InChI=1S/C16H10BrClO2/c1-9-2-3-14-10(4-9)7-15(20-14)16(19)11-5-12(17)8-13(18)6-11/h2-8H,1H3. The number of fused-ring (bicyclic) bond motifs is 1. The molecular formula is C16H10BrClO2. The average molecular weight is 350 g/mol. The van der Waals surface area contributed by atoms with Crippen molar-refractivity contribution in [2.24, 2.45) is 0 Å². The number of carbonyl (C=O) groups is 1. The van der Waals surface area contributed by atoms with Crippen LogP contribution in [0.2, 0.25) is 5.02 Å². The Labute approximate surface area is 129 Å². The van der Waals surface area contributed by atoms with Crippen molar-refractivity contribution in [2.75, 3.05) is 0 Å². The Morgan fingerprint density at radius 2 is 1.95 bits per heavy atom. The van der Waals surface area contributed by atoms with Crippen molar-refractivity contribution in [1.82, 2.24) is 0 Å². The Morgan fingerprint density at radius 1 is 1.15 bits per heavy atom. The van der Waals surface area contributed by atoms with Crippen molar-refractivity contribution in [1.29, 1.82) is 0 Å². The zero-order valence-electron chi connectivity index (χ0n) is 10.6. The normalized spacial score (nSPS) is 10.9. The highest BCUT2D eigenvalue weighted by Crippen LogP contribution is 2.25. The summed E-state index contributed by atoms with van der Waals surface area (Å²) in [5.41, 5.74) is 2.34. The van der Waals surface area contributed by atoms with E-state index < -0.39 is 0 Å². The first-order valence-electron chi connectivity index (χ1n) is 6.04. The largest absolute Gasteiger partial charge is 0.453 e. The molecule has 100 valence electrons. The maximum Gasteiger partial charge on any atom is 0.228 e. The van der Waals surface area contributed by atoms with E-state index >= 15 is 0 Å². The smallest absolute Gasteiger partial charge is 0.228 e. The number of hydrogen-bond donors (Lipinski definition) is 0. The van der Waals surface area contributed by atoms with Crippen LogP contribution in [0.15, 0.2) is 51.4 Å².